The lowest BCUT2D eigenvalue weighted by Gasteiger charge is -2.42. The fourth-order valence-electron chi connectivity index (χ4n) is 4.43. The van der Waals surface area contributed by atoms with E-state index in [-0.39, 0.29) is 36.5 Å². The zero-order valence-electron chi connectivity index (χ0n) is 19.9. The van der Waals surface area contributed by atoms with Crippen molar-refractivity contribution in [2.24, 2.45) is 0 Å². The normalized spacial score (nSPS) is 19.0. The van der Waals surface area contributed by atoms with Crippen LogP contribution in [0.2, 0.25) is 0 Å². The first-order valence-electron chi connectivity index (χ1n) is 11.5. The molecule has 1 heterocycles. The molecular weight excluding hydrogens is 528 g/mol. The number of benzene rings is 3. The Morgan fingerprint density at radius 1 is 0.973 bits per heavy atom. The molecule has 0 spiro atoms. The van der Waals surface area contributed by atoms with Crippen LogP contribution < -0.4 is 4.90 Å². The van der Waals surface area contributed by atoms with Gasteiger partial charge in [-0.15, -0.1) is 12.6 Å². The van der Waals surface area contributed by atoms with E-state index in [1.807, 2.05) is 4.90 Å². The molecule has 37 heavy (non-hydrogen) atoms. The van der Waals surface area contributed by atoms with Gasteiger partial charge in [0.15, 0.2) is 5.60 Å². The van der Waals surface area contributed by atoms with Crippen molar-refractivity contribution in [3.63, 3.8) is 0 Å². The van der Waals surface area contributed by atoms with Crippen LogP contribution >= 0.6 is 12.6 Å². The quantitative estimate of drug-likeness (QED) is 0.333. The molecule has 2 atom stereocenters. The molecule has 0 saturated carbocycles. The topological polar surface area (TPSA) is 60.9 Å². The van der Waals surface area contributed by atoms with Crippen LogP contribution in [0.1, 0.15) is 18.1 Å². The van der Waals surface area contributed by atoms with Gasteiger partial charge in [0.2, 0.25) is 10.0 Å². The predicted molar refractivity (Wildman–Crippen MR) is 136 cm³/mol. The third-order valence-electron chi connectivity index (χ3n) is 6.65. The fraction of sp³-hybridized carbons (Fsp3) is 0.308. The largest absolute Gasteiger partial charge is 0.421 e. The number of thiol groups is 1. The van der Waals surface area contributed by atoms with Crippen molar-refractivity contribution in [3.8, 4) is 0 Å². The average molecular weight is 555 g/mol. The summed E-state index contributed by atoms with van der Waals surface area (Å²) < 4.78 is 82.5. The molecule has 5 nitrogen and oxygen atoms in total. The smallest absolute Gasteiger partial charge is 0.376 e. The molecule has 1 N–H and O–H groups in total. The molecule has 0 aromatic heterocycles. The molecule has 4 rings (SSSR count). The monoisotopic (exact) mass is 554 g/mol. The number of hydrogen-bond acceptors (Lipinski definition) is 5. The lowest BCUT2D eigenvalue weighted by molar-refractivity contribution is -0.258. The van der Waals surface area contributed by atoms with Gasteiger partial charge in [0.25, 0.3) is 0 Å². The lowest BCUT2D eigenvalue weighted by Crippen LogP contribution is -2.55. The van der Waals surface area contributed by atoms with E-state index >= 15 is 0 Å². The summed E-state index contributed by atoms with van der Waals surface area (Å²) in [4.78, 5) is 2.23. The number of piperazine rings is 1. The zero-order chi connectivity index (χ0) is 27.0. The van der Waals surface area contributed by atoms with Gasteiger partial charge in [0.05, 0.1) is 4.90 Å². The Bertz CT molecular complexity index is 1360. The minimum atomic E-state index is -4.86. The highest BCUT2D eigenvalue weighted by Crippen LogP contribution is 2.39. The van der Waals surface area contributed by atoms with E-state index in [2.05, 4.69) is 12.6 Å². The van der Waals surface area contributed by atoms with Crippen LogP contribution in [0, 0.1) is 5.82 Å². The van der Waals surface area contributed by atoms with Crippen molar-refractivity contribution in [1.29, 1.82) is 0 Å². The highest BCUT2D eigenvalue weighted by molar-refractivity contribution is 7.90. The van der Waals surface area contributed by atoms with Gasteiger partial charge in [-0.05, 0) is 54.8 Å². The third kappa shape index (κ3) is 5.50. The zero-order valence-corrected chi connectivity index (χ0v) is 21.6. The van der Waals surface area contributed by atoms with Crippen LogP contribution in [0.3, 0.4) is 0 Å². The SMILES string of the molecule is C[C@@](O)(c1ccc(N2CCN(S(=O)(=O)c3ccccc3S)C[C@H]2Cc2ccccc2F)cc1)C(F)(F)F. The first kappa shape index (κ1) is 27.4. The molecule has 3 aromatic rings. The summed E-state index contributed by atoms with van der Waals surface area (Å²) in [6, 6.07) is 17.3. The Balaban J connectivity index is 1.67. The molecule has 3 aromatic carbocycles. The van der Waals surface area contributed by atoms with Crippen LogP contribution in [0.5, 0.6) is 0 Å². The average Bonchev–Trinajstić information content (AvgIpc) is 2.85. The molecule has 1 aliphatic rings. The van der Waals surface area contributed by atoms with E-state index in [0.717, 1.165) is 0 Å². The number of hydrogen-bond donors (Lipinski definition) is 2. The van der Waals surface area contributed by atoms with Gasteiger partial charge in [-0.2, -0.15) is 17.5 Å². The minimum absolute atomic E-state index is 0.0286. The lowest BCUT2D eigenvalue weighted by atomic mass is 9.94. The van der Waals surface area contributed by atoms with Gasteiger partial charge in [-0.1, -0.05) is 42.5 Å². The summed E-state index contributed by atoms with van der Waals surface area (Å²) in [5.74, 6) is -0.431. The van der Waals surface area contributed by atoms with Crippen LogP contribution in [0.15, 0.2) is 82.6 Å². The van der Waals surface area contributed by atoms with Gasteiger partial charge < -0.3 is 10.0 Å². The van der Waals surface area contributed by atoms with Crippen molar-refractivity contribution in [1.82, 2.24) is 4.31 Å². The highest BCUT2D eigenvalue weighted by Gasteiger charge is 2.51. The van der Waals surface area contributed by atoms with Crippen molar-refractivity contribution >= 4 is 28.3 Å². The van der Waals surface area contributed by atoms with Crippen molar-refractivity contribution in [3.05, 3.63) is 89.7 Å². The van der Waals surface area contributed by atoms with Gasteiger partial charge in [0, 0.05) is 36.3 Å². The van der Waals surface area contributed by atoms with E-state index in [9.17, 15) is 31.1 Å². The summed E-state index contributed by atoms with van der Waals surface area (Å²) in [6.45, 7) is 1.05. The molecule has 0 amide bonds. The van der Waals surface area contributed by atoms with Crippen molar-refractivity contribution < 1.29 is 31.1 Å². The summed E-state index contributed by atoms with van der Waals surface area (Å²) >= 11 is 4.29. The summed E-state index contributed by atoms with van der Waals surface area (Å²) in [5.41, 5.74) is -2.41. The van der Waals surface area contributed by atoms with Gasteiger partial charge in [-0.25, -0.2) is 12.8 Å². The van der Waals surface area contributed by atoms with Crippen LogP contribution in [0.25, 0.3) is 0 Å². The van der Waals surface area contributed by atoms with Crippen LogP contribution in [-0.4, -0.2) is 49.7 Å². The Morgan fingerprint density at radius 2 is 1.59 bits per heavy atom. The molecule has 11 heteroatoms. The van der Waals surface area contributed by atoms with Crippen molar-refractivity contribution in [2.45, 2.75) is 41.0 Å². The Kier molecular flexibility index (Phi) is 7.62. The Hall–Kier alpha value is -2.60. The standard InChI is InChI=1S/C26H26F4N2O3S2/c1-25(33,26(28,29)30)19-10-12-20(13-11-19)32-15-14-31(37(34,35)24-9-5-4-8-23(24)36)17-21(32)16-18-6-2-3-7-22(18)27/h2-13,21,33,36H,14-17H2,1H3/t21-,25-/m1/s1. The minimum Gasteiger partial charge on any atom is -0.376 e. The second-order valence-electron chi connectivity index (χ2n) is 9.09. The van der Waals surface area contributed by atoms with Crippen molar-refractivity contribution in [2.75, 3.05) is 24.5 Å². The molecule has 0 bridgehead atoms. The fourth-order valence-corrected chi connectivity index (χ4v) is 6.49. The number of aliphatic hydroxyl groups is 1. The number of sulfonamides is 1. The Labute approximate surface area is 218 Å². The number of alkyl halides is 3. The predicted octanol–water partition coefficient (Wildman–Crippen LogP) is 5.01. The van der Waals surface area contributed by atoms with E-state index in [1.165, 1.54) is 40.7 Å². The first-order valence-corrected chi connectivity index (χ1v) is 13.4. The highest BCUT2D eigenvalue weighted by atomic mass is 32.2. The molecule has 0 unspecified atom stereocenters. The van der Waals surface area contributed by atoms with Gasteiger partial charge in [-0.3, -0.25) is 0 Å². The molecule has 0 radical (unpaired) electrons. The maximum absolute atomic E-state index is 14.5. The molecular formula is C26H26F4N2O3S2. The second kappa shape index (κ2) is 10.3. The number of halogens is 4. The van der Waals surface area contributed by atoms with E-state index in [4.69, 9.17) is 0 Å². The van der Waals surface area contributed by atoms with E-state index in [0.29, 0.717) is 23.1 Å². The molecule has 1 saturated heterocycles. The number of rotatable bonds is 6. The van der Waals surface area contributed by atoms with Gasteiger partial charge in [0.1, 0.15) is 5.82 Å². The van der Waals surface area contributed by atoms with Gasteiger partial charge >= 0.3 is 6.18 Å². The molecule has 1 aliphatic heterocycles. The summed E-state index contributed by atoms with van der Waals surface area (Å²) in [6.07, 6.45) is -4.69. The Morgan fingerprint density at radius 3 is 2.22 bits per heavy atom. The van der Waals surface area contributed by atoms with Crippen LogP contribution in [-0.2, 0) is 22.0 Å². The summed E-state index contributed by atoms with van der Waals surface area (Å²) in [5, 5.41) is 10.00. The number of nitrogens with zero attached hydrogens (tertiary/aromatic N) is 2. The maximum atomic E-state index is 14.5. The van der Waals surface area contributed by atoms with E-state index in [1.54, 1.807) is 36.4 Å². The molecule has 198 valence electrons. The first-order chi connectivity index (χ1) is 17.3. The van der Waals surface area contributed by atoms with Crippen LogP contribution in [0.4, 0.5) is 23.2 Å². The maximum Gasteiger partial charge on any atom is 0.421 e. The summed E-state index contributed by atoms with van der Waals surface area (Å²) in [7, 11) is -3.90. The van der Waals surface area contributed by atoms with E-state index < -0.39 is 33.7 Å². The molecule has 0 aliphatic carbocycles. The second-order valence-corrected chi connectivity index (χ2v) is 11.5. The molecule has 1 fully saturated rings. The third-order valence-corrected chi connectivity index (χ3v) is 9.12. The number of anilines is 1.